The molecule has 0 spiro atoms. The zero-order chi connectivity index (χ0) is 18.3. The molecule has 0 bridgehead atoms. The standard InChI is InChI=1S/C20H23N3O2S/c1-13-14(2)23(15-7-3-4-8-15)20(21-13)26-12-11-22-18(24)16-9-5-6-10-17(16)19(22)25/h5-6,9-10,15H,3-4,7-8,11-12H2,1-2H3. The number of amides is 2. The summed E-state index contributed by atoms with van der Waals surface area (Å²) in [6.45, 7) is 4.59. The van der Waals surface area contributed by atoms with Gasteiger partial charge in [0.2, 0.25) is 0 Å². The Bertz CT molecular complexity index is 833. The van der Waals surface area contributed by atoms with E-state index in [0.717, 1.165) is 10.9 Å². The summed E-state index contributed by atoms with van der Waals surface area (Å²) in [5.41, 5.74) is 3.34. The fourth-order valence-corrected chi connectivity index (χ4v) is 5.04. The zero-order valence-corrected chi connectivity index (χ0v) is 16.0. The molecule has 2 aliphatic rings. The molecule has 2 aromatic rings. The van der Waals surface area contributed by atoms with Crippen LogP contribution >= 0.6 is 11.8 Å². The lowest BCUT2D eigenvalue weighted by atomic mass is 10.1. The van der Waals surface area contributed by atoms with Crippen LogP contribution in [0.15, 0.2) is 29.4 Å². The number of rotatable bonds is 5. The minimum atomic E-state index is -0.183. The molecule has 0 saturated heterocycles. The molecule has 1 saturated carbocycles. The lowest BCUT2D eigenvalue weighted by Crippen LogP contribution is -2.31. The van der Waals surface area contributed by atoms with E-state index in [2.05, 4.69) is 18.4 Å². The van der Waals surface area contributed by atoms with Crippen molar-refractivity contribution < 1.29 is 9.59 Å². The minimum Gasteiger partial charge on any atom is -0.320 e. The maximum absolute atomic E-state index is 12.5. The first-order chi connectivity index (χ1) is 12.6. The van der Waals surface area contributed by atoms with Crippen LogP contribution in [0.5, 0.6) is 0 Å². The van der Waals surface area contributed by atoms with Crippen molar-refractivity contribution in [3.05, 3.63) is 46.8 Å². The van der Waals surface area contributed by atoms with Crippen LogP contribution in [0.3, 0.4) is 0 Å². The molecule has 4 rings (SSSR count). The second-order valence-corrected chi connectivity index (χ2v) is 8.09. The van der Waals surface area contributed by atoms with Crippen LogP contribution in [0.2, 0.25) is 0 Å². The van der Waals surface area contributed by atoms with E-state index >= 15 is 0 Å². The highest BCUT2D eigenvalue weighted by molar-refractivity contribution is 7.99. The molecule has 6 heteroatoms. The second-order valence-electron chi connectivity index (χ2n) is 7.03. The van der Waals surface area contributed by atoms with Crippen molar-refractivity contribution in [1.82, 2.24) is 14.5 Å². The van der Waals surface area contributed by atoms with Crippen molar-refractivity contribution in [2.24, 2.45) is 0 Å². The van der Waals surface area contributed by atoms with Gasteiger partial charge in [0, 0.05) is 24.0 Å². The Morgan fingerprint density at radius 2 is 1.69 bits per heavy atom. The Morgan fingerprint density at radius 1 is 1.08 bits per heavy atom. The number of aryl methyl sites for hydroxylation is 1. The van der Waals surface area contributed by atoms with E-state index in [0.29, 0.717) is 29.5 Å². The summed E-state index contributed by atoms with van der Waals surface area (Å²) < 4.78 is 2.37. The van der Waals surface area contributed by atoms with Gasteiger partial charge in [-0.05, 0) is 38.8 Å². The van der Waals surface area contributed by atoms with Crippen LogP contribution in [-0.4, -0.2) is 38.6 Å². The predicted molar refractivity (Wildman–Crippen MR) is 102 cm³/mol. The third kappa shape index (κ3) is 2.86. The van der Waals surface area contributed by atoms with Gasteiger partial charge in [-0.3, -0.25) is 14.5 Å². The normalized spacial score (nSPS) is 17.4. The molecule has 0 radical (unpaired) electrons. The first-order valence-electron chi connectivity index (χ1n) is 9.21. The van der Waals surface area contributed by atoms with Crippen molar-refractivity contribution in [2.75, 3.05) is 12.3 Å². The molecular weight excluding hydrogens is 346 g/mol. The van der Waals surface area contributed by atoms with Crippen molar-refractivity contribution in [1.29, 1.82) is 0 Å². The van der Waals surface area contributed by atoms with Gasteiger partial charge in [-0.2, -0.15) is 0 Å². The van der Waals surface area contributed by atoms with Crippen LogP contribution in [0.1, 0.15) is 63.8 Å². The van der Waals surface area contributed by atoms with Gasteiger partial charge in [0.15, 0.2) is 5.16 Å². The molecule has 5 nitrogen and oxygen atoms in total. The molecule has 1 aromatic carbocycles. The topological polar surface area (TPSA) is 55.2 Å². The molecule has 136 valence electrons. The largest absolute Gasteiger partial charge is 0.320 e. The Labute approximate surface area is 157 Å². The summed E-state index contributed by atoms with van der Waals surface area (Å²) in [5.74, 6) is 0.295. The highest BCUT2D eigenvalue weighted by Crippen LogP contribution is 2.35. The molecule has 0 atom stereocenters. The summed E-state index contributed by atoms with van der Waals surface area (Å²) in [7, 11) is 0. The molecule has 26 heavy (non-hydrogen) atoms. The van der Waals surface area contributed by atoms with Crippen LogP contribution < -0.4 is 0 Å². The van der Waals surface area contributed by atoms with Gasteiger partial charge in [-0.25, -0.2) is 4.98 Å². The van der Waals surface area contributed by atoms with Crippen LogP contribution in [-0.2, 0) is 0 Å². The third-order valence-electron chi connectivity index (χ3n) is 5.47. The van der Waals surface area contributed by atoms with E-state index in [4.69, 9.17) is 4.98 Å². The summed E-state index contributed by atoms with van der Waals surface area (Å²) >= 11 is 1.64. The Hall–Kier alpha value is -2.08. The molecule has 2 heterocycles. The highest BCUT2D eigenvalue weighted by atomic mass is 32.2. The number of carbonyl (C=O) groups excluding carboxylic acids is 2. The van der Waals surface area contributed by atoms with Gasteiger partial charge in [0.1, 0.15) is 0 Å². The van der Waals surface area contributed by atoms with Gasteiger partial charge in [-0.1, -0.05) is 36.7 Å². The van der Waals surface area contributed by atoms with Crippen LogP contribution in [0.4, 0.5) is 0 Å². The number of imide groups is 1. The molecule has 1 aromatic heterocycles. The quantitative estimate of drug-likeness (QED) is 0.590. The lowest BCUT2D eigenvalue weighted by Gasteiger charge is -2.18. The van der Waals surface area contributed by atoms with Crippen molar-refractivity contribution in [2.45, 2.75) is 50.7 Å². The fraction of sp³-hybridized carbons (Fsp3) is 0.450. The van der Waals surface area contributed by atoms with Gasteiger partial charge in [0.25, 0.3) is 11.8 Å². The zero-order valence-electron chi connectivity index (χ0n) is 15.2. The van der Waals surface area contributed by atoms with E-state index in [1.165, 1.54) is 36.3 Å². The average molecular weight is 369 g/mol. The first kappa shape index (κ1) is 17.3. The van der Waals surface area contributed by atoms with Gasteiger partial charge < -0.3 is 4.57 Å². The minimum absolute atomic E-state index is 0.183. The smallest absolute Gasteiger partial charge is 0.261 e. The fourth-order valence-electron chi connectivity index (χ4n) is 3.96. The van der Waals surface area contributed by atoms with E-state index < -0.39 is 0 Å². The maximum Gasteiger partial charge on any atom is 0.261 e. The number of hydrogen-bond acceptors (Lipinski definition) is 4. The SMILES string of the molecule is Cc1nc(SCCN2C(=O)c3ccccc3C2=O)n(C2CCCC2)c1C. The van der Waals surface area contributed by atoms with E-state index in [1.807, 2.05) is 0 Å². The summed E-state index contributed by atoms with van der Waals surface area (Å²) in [6, 6.07) is 7.58. The van der Waals surface area contributed by atoms with Crippen molar-refractivity contribution in [3.8, 4) is 0 Å². The molecule has 1 aliphatic heterocycles. The second kappa shape index (κ2) is 6.91. The number of aromatic nitrogens is 2. The Kier molecular flexibility index (Phi) is 4.61. The first-order valence-corrected chi connectivity index (χ1v) is 10.2. The maximum atomic E-state index is 12.5. The number of thioether (sulfide) groups is 1. The monoisotopic (exact) mass is 369 g/mol. The number of nitrogens with zero attached hydrogens (tertiary/aromatic N) is 3. The predicted octanol–water partition coefficient (Wildman–Crippen LogP) is 4.00. The highest BCUT2D eigenvalue weighted by Gasteiger charge is 2.34. The Balaban J connectivity index is 1.45. The van der Waals surface area contributed by atoms with Gasteiger partial charge in [0.05, 0.1) is 16.8 Å². The molecule has 0 unspecified atom stereocenters. The molecule has 1 fully saturated rings. The number of benzene rings is 1. The molecular formula is C20H23N3O2S. The molecule has 1 aliphatic carbocycles. The molecule has 0 N–H and O–H groups in total. The van der Waals surface area contributed by atoms with Crippen molar-refractivity contribution in [3.63, 3.8) is 0 Å². The van der Waals surface area contributed by atoms with Crippen LogP contribution in [0, 0.1) is 13.8 Å². The number of imidazole rings is 1. The third-order valence-corrected chi connectivity index (χ3v) is 6.40. The van der Waals surface area contributed by atoms with E-state index in [-0.39, 0.29) is 11.8 Å². The van der Waals surface area contributed by atoms with E-state index in [9.17, 15) is 9.59 Å². The summed E-state index contributed by atoms with van der Waals surface area (Å²) in [6.07, 6.45) is 4.98. The van der Waals surface area contributed by atoms with Gasteiger partial charge >= 0.3 is 0 Å². The average Bonchev–Trinajstić information content (AvgIpc) is 3.31. The summed E-state index contributed by atoms with van der Waals surface area (Å²) in [5, 5.41) is 1.02. The molecule has 2 amide bonds. The van der Waals surface area contributed by atoms with Crippen molar-refractivity contribution >= 4 is 23.6 Å². The lowest BCUT2D eigenvalue weighted by molar-refractivity contribution is 0.0664. The van der Waals surface area contributed by atoms with Gasteiger partial charge in [-0.15, -0.1) is 0 Å². The number of carbonyl (C=O) groups is 2. The Morgan fingerprint density at radius 3 is 2.31 bits per heavy atom. The summed E-state index contributed by atoms with van der Waals surface area (Å²) in [4.78, 5) is 31.0. The number of hydrogen-bond donors (Lipinski definition) is 0. The van der Waals surface area contributed by atoms with E-state index in [1.54, 1.807) is 36.0 Å². The number of fused-ring (bicyclic) bond motifs is 1. The van der Waals surface area contributed by atoms with Crippen LogP contribution in [0.25, 0.3) is 0 Å².